The van der Waals surface area contributed by atoms with Gasteiger partial charge in [0, 0.05) is 16.6 Å². The topological polar surface area (TPSA) is 127 Å². The number of rotatable bonds is 4. The molecule has 1 aliphatic heterocycles. The molecule has 1 unspecified atom stereocenters. The summed E-state index contributed by atoms with van der Waals surface area (Å²) in [6.07, 6.45) is 1.05. The third-order valence-corrected chi connectivity index (χ3v) is 7.47. The highest BCUT2D eigenvalue weighted by Crippen LogP contribution is 2.38. The number of hydrogen-bond acceptors (Lipinski definition) is 8. The van der Waals surface area contributed by atoms with Crippen LogP contribution in [0.15, 0.2) is 46.1 Å². The number of ether oxygens (including phenoxy) is 1. The average molecular weight is 509 g/mol. The van der Waals surface area contributed by atoms with E-state index >= 15 is 0 Å². The summed E-state index contributed by atoms with van der Waals surface area (Å²) >= 11 is 2.33. The van der Waals surface area contributed by atoms with Gasteiger partial charge in [0.05, 0.1) is 30.2 Å². The van der Waals surface area contributed by atoms with E-state index in [0.717, 1.165) is 38.0 Å². The molecule has 3 heterocycles. The third-order valence-electron chi connectivity index (χ3n) is 5.42. The summed E-state index contributed by atoms with van der Waals surface area (Å²) in [5.41, 5.74) is 8.52. The van der Waals surface area contributed by atoms with Crippen LogP contribution < -0.4 is 25.8 Å². The predicted molar refractivity (Wildman–Crippen MR) is 139 cm³/mol. The van der Waals surface area contributed by atoms with Gasteiger partial charge < -0.3 is 15.8 Å². The lowest BCUT2D eigenvalue weighted by Crippen LogP contribution is -2.40. The molecule has 2 aromatic heterocycles. The van der Waals surface area contributed by atoms with Crippen molar-refractivity contribution < 1.29 is 14.3 Å². The van der Waals surface area contributed by atoms with Gasteiger partial charge in [0.25, 0.3) is 11.5 Å². The molecular weight excluding hydrogens is 484 g/mol. The Kier molecular flexibility index (Phi) is 7.43. The first-order valence-corrected chi connectivity index (χ1v) is 11.8. The first-order chi connectivity index (χ1) is 16.3. The van der Waals surface area contributed by atoms with Gasteiger partial charge in [-0.05, 0) is 36.9 Å². The Morgan fingerprint density at radius 1 is 1.29 bits per heavy atom. The van der Waals surface area contributed by atoms with Gasteiger partial charge in [0.2, 0.25) is 0 Å². The molecule has 0 spiro atoms. The summed E-state index contributed by atoms with van der Waals surface area (Å²) in [5, 5.41) is 14.7. The Balaban J connectivity index is 0.00000342. The number of allylic oxidation sites excluding steroid dienone is 1. The van der Waals surface area contributed by atoms with E-state index in [1.54, 1.807) is 6.07 Å². The number of nitriles is 1. The van der Waals surface area contributed by atoms with Gasteiger partial charge in [-0.15, -0.1) is 22.7 Å². The molecule has 180 valence electrons. The van der Waals surface area contributed by atoms with E-state index in [9.17, 15) is 19.6 Å². The standard InChI is InChI=1S/C24H20N4O4S2.CH4/c1-12-6-7-15(13(2)9-12)27-22(30)20-19(16-5-4-8-33-16)14(11-25)21(26)28-23(31)17(34-24(20)28)10-18(29)32-3;/h4-10,19H,26H2,1-3H3,(H,27,30);1H4/b17-10-;. The lowest BCUT2D eigenvalue weighted by Gasteiger charge is -2.24. The molecule has 1 aromatic carbocycles. The summed E-state index contributed by atoms with van der Waals surface area (Å²) in [7, 11) is 1.20. The number of anilines is 1. The number of esters is 1. The zero-order valence-electron chi connectivity index (χ0n) is 18.5. The van der Waals surface area contributed by atoms with Crippen LogP contribution >= 0.6 is 22.7 Å². The van der Waals surface area contributed by atoms with Crippen molar-refractivity contribution >= 4 is 57.7 Å². The highest BCUT2D eigenvalue weighted by molar-refractivity contribution is 7.10. The number of benzene rings is 1. The number of nitrogens with zero attached hydrogens (tertiary/aromatic N) is 2. The number of carbonyl (C=O) groups is 2. The summed E-state index contributed by atoms with van der Waals surface area (Å²) in [6, 6.07) is 11.4. The van der Waals surface area contributed by atoms with Gasteiger partial charge in [0.15, 0.2) is 0 Å². The maximum atomic E-state index is 13.7. The van der Waals surface area contributed by atoms with Gasteiger partial charge in [-0.3, -0.25) is 14.2 Å². The maximum Gasteiger partial charge on any atom is 0.332 e. The highest BCUT2D eigenvalue weighted by Gasteiger charge is 2.36. The number of aromatic nitrogens is 1. The van der Waals surface area contributed by atoms with Crippen LogP contribution in [-0.2, 0) is 14.3 Å². The average Bonchev–Trinajstić information content (AvgIpc) is 3.44. The normalized spacial score (nSPS) is 15.2. The lowest BCUT2D eigenvalue weighted by molar-refractivity contribution is -0.133. The van der Waals surface area contributed by atoms with Crippen molar-refractivity contribution in [1.29, 1.82) is 5.26 Å². The number of methoxy groups -OCH3 is 1. The molecule has 1 amide bonds. The number of thiophene rings is 1. The smallest absolute Gasteiger partial charge is 0.332 e. The quantitative estimate of drug-likeness (QED) is 0.521. The van der Waals surface area contributed by atoms with E-state index < -0.39 is 23.4 Å². The first kappa shape index (κ1) is 25.7. The molecule has 35 heavy (non-hydrogen) atoms. The van der Waals surface area contributed by atoms with Crippen LogP contribution in [0.1, 0.15) is 29.3 Å². The summed E-state index contributed by atoms with van der Waals surface area (Å²) in [4.78, 5) is 39.4. The minimum Gasteiger partial charge on any atom is -0.466 e. The van der Waals surface area contributed by atoms with Gasteiger partial charge in [-0.1, -0.05) is 31.2 Å². The van der Waals surface area contributed by atoms with Crippen molar-refractivity contribution in [2.45, 2.75) is 27.2 Å². The second-order valence-corrected chi connectivity index (χ2v) is 9.63. The zero-order valence-corrected chi connectivity index (χ0v) is 20.2. The van der Waals surface area contributed by atoms with E-state index in [2.05, 4.69) is 16.1 Å². The molecule has 0 saturated carbocycles. The second-order valence-electron chi connectivity index (χ2n) is 7.62. The van der Waals surface area contributed by atoms with Crippen LogP contribution in [-0.4, -0.2) is 23.6 Å². The predicted octanol–water partition coefficient (Wildman–Crippen LogP) is 2.42. The molecule has 3 aromatic rings. The van der Waals surface area contributed by atoms with E-state index in [1.165, 1.54) is 18.4 Å². The molecule has 4 rings (SSSR count). The van der Waals surface area contributed by atoms with Crippen LogP contribution in [0.5, 0.6) is 0 Å². The van der Waals surface area contributed by atoms with Crippen LogP contribution in [0.25, 0.3) is 17.5 Å². The molecule has 0 bridgehead atoms. The van der Waals surface area contributed by atoms with E-state index in [-0.39, 0.29) is 33.6 Å². The number of nitrogens with two attached hydrogens (primary N) is 1. The SMILES string of the molecule is C.COC(=O)/C=c1\sc2n(c1=O)C(N)=C(C#N)C(c1cccs1)C=2C(=O)Nc1ccc(C)cc1C. The van der Waals surface area contributed by atoms with Crippen LogP contribution in [0.3, 0.4) is 0 Å². The summed E-state index contributed by atoms with van der Waals surface area (Å²) in [6.45, 7) is 3.84. The van der Waals surface area contributed by atoms with Gasteiger partial charge in [0.1, 0.15) is 15.0 Å². The Bertz CT molecular complexity index is 1570. The van der Waals surface area contributed by atoms with Crippen LogP contribution in [0.4, 0.5) is 5.69 Å². The Labute approximate surface area is 209 Å². The minimum absolute atomic E-state index is 0. The highest BCUT2D eigenvalue weighted by atomic mass is 32.1. The number of thiazole rings is 1. The fraction of sp³-hybridized carbons (Fsp3) is 0.200. The number of nitrogens with one attached hydrogen (secondary N) is 1. The van der Waals surface area contributed by atoms with Crippen molar-refractivity contribution in [2.24, 2.45) is 5.73 Å². The fourth-order valence-electron chi connectivity index (χ4n) is 3.82. The number of aryl methyl sites for hydroxylation is 2. The number of fused-ring (bicyclic) bond motifs is 1. The van der Waals surface area contributed by atoms with Gasteiger partial charge in [-0.25, -0.2) is 4.79 Å². The lowest BCUT2D eigenvalue weighted by atomic mass is 9.88. The largest absolute Gasteiger partial charge is 0.466 e. The van der Waals surface area contributed by atoms with E-state index in [4.69, 9.17) is 5.73 Å². The first-order valence-electron chi connectivity index (χ1n) is 10.1. The molecule has 0 aliphatic carbocycles. The summed E-state index contributed by atoms with van der Waals surface area (Å²) in [5.74, 6) is -2.01. The van der Waals surface area contributed by atoms with E-state index in [1.807, 2.05) is 43.5 Å². The van der Waals surface area contributed by atoms with Crippen molar-refractivity contribution in [2.75, 3.05) is 12.4 Å². The molecule has 0 fully saturated rings. The number of hydrogen-bond donors (Lipinski definition) is 2. The molecule has 1 atom stereocenters. The molecule has 0 radical (unpaired) electrons. The Hall–Kier alpha value is -3.94. The van der Waals surface area contributed by atoms with Gasteiger partial charge in [-0.2, -0.15) is 5.26 Å². The van der Waals surface area contributed by atoms with Crippen molar-refractivity contribution in [3.8, 4) is 6.07 Å². The Morgan fingerprint density at radius 3 is 2.63 bits per heavy atom. The van der Waals surface area contributed by atoms with Crippen molar-refractivity contribution in [1.82, 2.24) is 4.57 Å². The molecule has 8 nitrogen and oxygen atoms in total. The van der Waals surface area contributed by atoms with Crippen LogP contribution in [0, 0.1) is 25.2 Å². The van der Waals surface area contributed by atoms with E-state index in [0.29, 0.717) is 5.69 Å². The van der Waals surface area contributed by atoms with Crippen molar-refractivity contribution in [3.05, 3.63) is 76.8 Å². The number of amides is 1. The molecule has 3 N–H and O–H groups in total. The molecular formula is C25H24N4O4S2. The maximum absolute atomic E-state index is 13.7. The minimum atomic E-state index is -0.764. The van der Waals surface area contributed by atoms with Crippen LogP contribution in [0.2, 0.25) is 0 Å². The third kappa shape index (κ3) is 4.56. The monoisotopic (exact) mass is 508 g/mol. The van der Waals surface area contributed by atoms with Crippen molar-refractivity contribution in [3.63, 3.8) is 0 Å². The molecule has 10 heteroatoms. The zero-order chi connectivity index (χ0) is 24.6. The fourth-order valence-corrected chi connectivity index (χ4v) is 5.80. The molecule has 1 aliphatic rings. The summed E-state index contributed by atoms with van der Waals surface area (Å²) < 4.78 is 6.08. The molecule has 0 saturated heterocycles. The second kappa shape index (κ2) is 10.1. The number of carbonyl (C=O) groups excluding carboxylic acids is 2. The van der Waals surface area contributed by atoms with Gasteiger partial charge >= 0.3 is 5.97 Å². The Morgan fingerprint density at radius 2 is 2.03 bits per heavy atom.